The lowest BCUT2D eigenvalue weighted by molar-refractivity contribution is -0.138. The zero-order valence-electron chi connectivity index (χ0n) is 8.15. The first-order valence-corrected chi connectivity index (χ1v) is 4.55. The van der Waals surface area contributed by atoms with Crippen LogP contribution in [0.3, 0.4) is 0 Å². The lowest BCUT2D eigenvalue weighted by atomic mass is 10.1. The minimum Gasteiger partial charge on any atom is -0.249 e. The van der Waals surface area contributed by atoms with Crippen LogP contribution in [0.5, 0.6) is 0 Å². The Kier molecular flexibility index (Phi) is 2.64. The molecule has 0 radical (unpaired) electrons. The van der Waals surface area contributed by atoms with E-state index in [1.165, 1.54) is 29.5 Å². The van der Waals surface area contributed by atoms with Crippen molar-refractivity contribution in [3.63, 3.8) is 0 Å². The molecule has 84 valence electrons. The maximum absolute atomic E-state index is 12.6. The van der Waals surface area contributed by atoms with E-state index >= 15 is 0 Å². The van der Waals surface area contributed by atoms with Crippen LogP contribution in [-0.4, -0.2) is 14.8 Å². The number of halogens is 3. The Hall–Kier alpha value is -1.85. The van der Waals surface area contributed by atoms with Crippen molar-refractivity contribution in [3.05, 3.63) is 48.0 Å². The van der Waals surface area contributed by atoms with Gasteiger partial charge in [-0.3, -0.25) is 0 Å². The van der Waals surface area contributed by atoms with E-state index in [-0.39, 0.29) is 12.1 Å². The van der Waals surface area contributed by atoms with Crippen molar-refractivity contribution < 1.29 is 13.2 Å². The zero-order chi connectivity index (χ0) is 11.6. The molecule has 0 aliphatic rings. The van der Waals surface area contributed by atoms with Gasteiger partial charge < -0.3 is 0 Å². The fourth-order valence-corrected chi connectivity index (χ4v) is 1.42. The van der Waals surface area contributed by atoms with E-state index in [9.17, 15) is 13.2 Å². The summed E-state index contributed by atoms with van der Waals surface area (Å²) in [6.45, 7) is 0.0652. The fraction of sp³-hybridized carbons (Fsp3) is 0.200. The zero-order valence-corrected chi connectivity index (χ0v) is 8.15. The van der Waals surface area contributed by atoms with E-state index in [1.54, 1.807) is 6.07 Å². The first-order chi connectivity index (χ1) is 7.57. The van der Waals surface area contributed by atoms with Crippen LogP contribution in [0.15, 0.2) is 36.9 Å². The highest BCUT2D eigenvalue weighted by Gasteiger charge is 2.32. The van der Waals surface area contributed by atoms with Crippen LogP contribution in [0.2, 0.25) is 0 Å². The van der Waals surface area contributed by atoms with E-state index in [0.717, 1.165) is 6.07 Å². The van der Waals surface area contributed by atoms with Gasteiger partial charge in [-0.25, -0.2) is 9.67 Å². The Labute approximate surface area is 89.5 Å². The second-order valence-corrected chi connectivity index (χ2v) is 3.25. The van der Waals surface area contributed by atoms with Gasteiger partial charge in [-0.1, -0.05) is 18.2 Å². The van der Waals surface area contributed by atoms with Crippen molar-refractivity contribution >= 4 is 0 Å². The number of nitrogens with zero attached hydrogens (tertiary/aromatic N) is 3. The SMILES string of the molecule is FC(F)(F)c1ccccc1Cn1cncn1. The topological polar surface area (TPSA) is 30.7 Å². The van der Waals surface area contributed by atoms with Crippen molar-refractivity contribution in [1.82, 2.24) is 14.8 Å². The van der Waals surface area contributed by atoms with Crippen molar-refractivity contribution in [2.75, 3.05) is 0 Å². The van der Waals surface area contributed by atoms with Gasteiger partial charge in [-0.05, 0) is 11.6 Å². The minimum atomic E-state index is -4.34. The van der Waals surface area contributed by atoms with E-state index in [1.807, 2.05) is 0 Å². The minimum absolute atomic E-state index is 0.0652. The maximum atomic E-state index is 12.6. The number of hydrogen-bond donors (Lipinski definition) is 0. The summed E-state index contributed by atoms with van der Waals surface area (Å²) in [7, 11) is 0. The Morgan fingerprint density at radius 1 is 1.19 bits per heavy atom. The molecule has 0 spiro atoms. The lowest BCUT2D eigenvalue weighted by Gasteiger charge is -2.12. The number of hydrogen-bond acceptors (Lipinski definition) is 2. The Balaban J connectivity index is 2.34. The third-order valence-corrected chi connectivity index (χ3v) is 2.12. The van der Waals surface area contributed by atoms with Crippen LogP contribution in [-0.2, 0) is 12.7 Å². The normalized spacial score (nSPS) is 11.7. The van der Waals surface area contributed by atoms with Crippen LogP contribution in [0, 0.1) is 0 Å². The van der Waals surface area contributed by atoms with Gasteiger partial charge in [0.05, 0.1) is 12.1 Å². The monoisotopic (exact) mass is 227 g/mol. The van der Waals surface area contributed by atoms with Crippen LogP contribution in [0.1, 0.15) is 11.1 Å². The lowest BCUT2D eigenvalue weighted by Crippen LogP contribution is -2.11. The second kappa shape index (κ2) is 3.96. The van der Waals surface area contributed by atoms with E-state index in [2.05, 4.69) is 10.1 Å². The van der Waals surface area contributed by atoms with Gasteiger partial charge in [0.2, 0.25) is 0 Å². The average molecular weight is 227 g/mol. The Morgan fingerprint density at radius 3 is 2.56 bits per heavy atom. The molecule has 0 aliphatic carbocycles. The molecule has 0 unspecified atom stereocenters. The number of alkyl halides is 3. The molecule has 3 nitrogen and oxygen atoms in total. The third-order valence-electron chi connectivity index (χ3n) is 2.12. The average Bonchev–Trinajstić information content (AvgIpc) is 2.70. The molecule has 1 aromatic heterocycles. The Bertz CT molecular complexity index is 462. The largest absolute Gasteiger partial charge is 0.416 e. The predicted octanol–water partition coefficient (Wildman–Crippen LogP) is 2.35. The molecular formula is C10H8F3N3. The molecule has 0 aliphatic heterocycles. The summed E-state index contributed by atoms with van der Waals surface area (Å²) >= 11 is 0. The number of aromatic nitrogens is 3. The first kappa shape index (κ1) is 10.7. The number of benzene rings is 1. The molecule has 16 heavy (non-hydrogen) atoms. The predicted molar refractivity (Wildman–Crippen MR) is 50.6 cm³/mol. The molecule has 0 bridgehead atoms. The van der Waals surface area contributed by atoms with Crippen LogP contribution in [0.25, 0.3) is 0 Å². The summed E-state index contributed by atoms with van der Waals surface area (Å²) in [6, 6.07) is 5.44. The molecule has 1 heterocycles. The highest BCUT2D eigenvalue weighted by atomic mass is 19.4. The molecule has 0 atom stereocenters. The fourth-order valence-electron chi connectivity index (χ4n) is 1.42. The van der Waals surface area contributed by atoms with Crippen LogP contribution in [0.4, 0.5) is 13.2 Å². The smallest absolute Gasteiger partial charge is 0.249 e. The molecule has 0 fully saturated rings. The summed E-state index contributed by atoms with van der Waals surface area (Å²) in [4.78, 5) is 3.68. The molecular weight excluding hydrogens is 219 g/mol. The first-order valence-electron chi connectivity index (χ1n) is 4.55. The summed E-state index contributed by atoms with van der Waals surface area (Å²) in [5, 5.41) is 3.77. The highest BCUT2D eigenvalue weighted by molar-refractivity contribution is 5.29. The van der Waals surface area contributed by atoms with E-state index in [4.69, 9.17) is 0 Å². The maximum Gasteiger partial charge on any atom is 0.416 e. The standard InChI is InChI=1S/C10H8F3N3/c11-10(12,13)9-4-2-1-3-8(9)5-16-7-14-6-15-16/h1-4,6-7H,5H2. The summed E-state index contributed by atoms with van der Waals surface area (Å²) < 4.78 is 39.2. The van der Waals surface area contributed by atoms with Crippen molar-refractivity contribution in [2.45, 2.75) is 12.7 Å². The molecule has 0 N–H and O–H groups in total. The van der Waals surface area contributed by atoms with Gasteiger partial charge in [-0.2, -0.15) is 18.3 Å². The van der Waals surface area contributed by atoms with Gasteiger partial charge in [0.1, 0.15) is 12.7 Å². The second-order valence-electron chi connectivity index (χ2n) is 3.25. The molecule has 2 aromatic rings. The van der Waals surface area contributed by atoms with Gasteiger partial charge in [0.15, 0.2) is 0 Å². The van der Waals surface area contributed by atoms with Crippen molar-refractivity contribution in [1.29, 1.82) is 0 Å². The molecule has 0 saturated carbocycles. The van der Waals surface area contributed by atoms with Crippen LogP contribution >= 0.6 is 0 Å². The van der Waals surface area contributed by atoms with E-state index in [0.29, 0.717) is 0 Å². The van der Waals surface area contributed by atoms with Gasteiger partial charge in [0, 0.05) is 0 Å². The number of rotatable bonds is 2. The highest BCUT2D eigenvalue weighted by Crippen LogP contribution is 2.31. The summed E-state index contributed by atoms with van der Waals surface area (Å²) in [5.41, 5.74) is -0.453. The Morgan fingerprint density at radius 2 is 1.94 bits per heavy atom. The van der Waals surface area contributed by atoms with Gasteiger partial charge in [-0.15, -0.1) is 0 Å². The molecule has 6 heteroatoms. The summed E-state index contributed by atoms with van der Waals surface area (Å²) in [6.07, 6.45) is -1.67. The molecule has 1 aromatic carbocycles. The molecule has 0 amide bonds. The quantitative estimate of drug-likeness (QED) is 0.788. The van der Waals surface area contributed by atoms with Gasteiger partial charge in [0.25, 0.3) is 0 Å². The van der Waals surface area contributed by atoms with Crippen LogP contribution < -0.4 is 0 Å². The summed E-state index contributed by atoms with van der Waals surface area (Å²) in [5.74, 6) is 0. The molecule has 0 saturated heterocycles. The van der Waals surface area contributed by atoms with Crippen molar-refractivity contribution in [2.24, 2.45) is 0 Å². The third kappa shape index (κ3) is 2.21. The van der Waals surface area contributed by atoms with E-state index < -0.39 is 11.7 Å². The molecule has 2 rings (SSSR count). The van der Waals surface area contributed by atoms with Crippen molar-refractivity contribution in [3.8, 4) is 0 Å². The van der Waals surface area contributed by atoms with Gasteiger partial charge >= 0.3 is 6.18 Å².